The SMILES string of the molecule is CCCCCCCCC(CCCCCC)OC(=O)CCCCCCC(=O)OCC(COC(=O)CCCCCCC(=O)OC(CCCCCC)CCCCCCCC)CN(CCCCN(C)C)C(=O)CCCCCCC. The Balaban J connectivity index is 5.24. The van der Waals surface area contributed by atoms with E-state index in [0.717, 1.165) is 135 Å². The van der Waals surface area contributed by atoms with Crippen LogP contribution in [0.1, 0.15) is 317 Å². The second kappa shape index (κ2) is 54.7. The van der Waals surface area contributed by atoms with Gasteiger partial charge in [-0.3, -0.25) is 24.0 Å². The number of hydrogen-bond donors (Lipinski definition) is 0. The minimum absolute atomic E-state index is 0.0222. The Labute approximate surface area is 463 Å². The van der Waals surface area contributed by atoms with Crippen LogP contribution in [0.2, 0.25) is 0 Å². The lowest BCUT2D eigenvalue weighted by Crippen LogP contribution is -2.39. The van der Waals surface area contributed by atoms with Gasteiger partial charge in [0.05, 0.1) is 13.2 Å². The molecule has 0 aromatic rings. The Bertz CT molecular complexity index is 1250. The molecular weight excluding hydrogens is 941 g/mol. The molecule has 0 aliphatic heterocycles. The second-order valence-corrected chi connectivity index (χ2v) is 22.6. The van der Waals surface area contributed by atoms with Gasteiger partial charge in [-0.1, -0.05) is 189 Å². The zero-order valence-corrected chi connectivity index (χ0v) is 50.4. The first-order valence-corrected chi connectivity index (χ1v) is 32.1. The van der Waals surface area contributed by atoms with E-state index in [1.165, 1.54) is 109 Å². The average molecular weight is 1060 g/mol. The number of carbonyl (C=O) groups excluding carboxylic acids is 5. The van der Waals surface area contributed by atoms with E-state index in [-0.39, 0.29) is 74.0 Å². The van der Waals surface area contributed by atoms with E-state index in [2.05, 4.69) is 53.6 Å². The molecule has 0 radical (unpaired) electrons. The van der Waals surface area contributed by atoms with Gasteiger partial charge in [0.15, 0.2) is 0 Å². The summed E-state index contributed by atoms with van der Waals surface area (Å²) >= 11 is 0. The minimum Gasteiger partial charge on any atom is -0.465 e. The van der Waals surface area contributed by atoms with Gasteiger partial charge in [0, 0.05) is 51.1 Å². The second-order valence-electron chi connectivity index (χ2n) is 22.6. The van der Waals surface area contributed by atoms with Crippen molar-refractivity contribution in [2.75, 3.05) is 46.9 Å². The van der Waals surface area contributed by atoms with E-state index in [4.69, 9.17) is 18.9 Å². The van der Waals surface area contributed by atoms with Crippen LogP contribution in [-0.4, -0.2) is 98.7 Å². The fraction of sp³-hybridized carbons (Fsp3) is 0.922. The maximum atomic E-state index is 13.7. The molecule has 11 heteroatoms. The molecule has 1 amide bonds. The molecule has 0 aliphatic rings. The topological polar surface area (TPSA) is 129 Å². The first-order chi connectivity index (χ1) is 36.5. The highest BCUT2D eigenvalue weighted by Crippen LogP contribution is 2.21. The van der Waals surface area contributed by atoms with Gasteiger partial charge in [-0.2, -0.15) is 0 Å². The molecule has 0 saturated carbocycles. The van der Waals surface area contributed by atoms with Crippen LogP contribution in [0, 0.1) is 5.92 Å². The molecule has 2 unspecified atom stereocenters. The molecule has 0 aromatic carbocycles. The summed E-state index contributed by atoms with van der Waals surface area (Å²) < 4.78 is 23.7. The highest BCUT2D eigenvalue weighted by molar-refractivity contribution is 5.76. The molecule has 0 aliphatic carbocycles. The number of rotatable bonds is 57. The van der Waals surface area contributed by atoms with E-state index >= 15 is 0 Å². The van der Waals surface area contributed by atoms with Crippen LogP contribution in [0.15, 0.2) is 0 Å². The summed E-state index contributed by atoms with van der Waals surface area (Å²) in [6.07, 6.45) is 43.2. The number of nitrogens with zero attached hydrogens (tertiary/aromatic N) is 2. The van der Waals surface area contributed by atoms with Crippen LogP contribution in [0.25, 0.3) is 0 Å². The minimum atomic E-state index is -0.346. The van der Waals surface area contributed by atoms with Crippen LogP contribution in [-0.2, 0) is 42.9 Å². The van der Waals surface area contributed by atoms with Crippen molar-refractivity contribution < 1.29 is 42.9 Å². The monoisotopic (exact) mass is 1060 g/mol. The van der Waals surface area contributed by atoms with E-state index in [1.54, 1.807) is 0 Å². The lowest BCUT2D eigenvalue weighted by atomic mass is 10.0. The van der Waals surface area contributed by atoms with E-state index in [9.17, 15) is 24.0 Å². The van der Waals surface area contributed by atoms with Crippen molar-refractivity contribution in [1.29, 1.82) is 0 Å². The fourth-order valence-corrected chi connectivity index (χ4v) is 9.82. The highest BCUT2D eigenvalue weighted by atomic mass is 16.6. The van der Waals surface area contributed by atoms with E-state index < -0.39 is 0 Å². The summed E-state index contributed by atoms with van der Waals surface area (Å²) in [5.74, 6) is -1.03. The summed E-state index contributed by atoms with van der Waals surface area (Å²) in [5, 5.41) is 0. The molecule has 11 nitrogen and oxygen atoms in total. The predicted molar refractivity (Wildman–Crippen MR) is 312 cm³/mol. The van der Waals surface area contributed by atoms with Crippen molar-refractivity contribution in [2.45, 2.75) is 329 Å². The Hall–Kier alpha value is -2.69. The van der Waals surface area contributed by atoms with Crippen molar-refractivity contribution in [2.24, 2.45) is 5.92 Å². The Morgan fingerprint density at radius 2 is 0.627 bits per heavy atom. The van der Waals surface area contributed by atoms with Gasteiger partial charge in [0.1, 0.15) is 12.2 Å². The average Bonchev–Trinajstić information content (AvgIpc) is 3.39. The summed E-state index contributed by atoms with van der Waals surface area (Å²) in [5.41, 5.74) is 0. The number of esters is 4. The molecule has 75 heavy (non-hydrogen) atoms. The van der Waals surface area contributed by atoms with Crippen LogP contribution < -0.4 is 0 Å². The molecule has 0 fully saturated rings. The van der Waals surface area contributed by atoms with Gasteiger partial charge < -0.3 is 28.7 Å². The largest absolute Gasteiger partial charge is 0.465 e. The number of carbonyl (C=O) groups is 5. The summed E-state index contributed by atoms with van der Waals surface area (Å²) in [7, 11) is 4.11. The molecule has 2 atom stereocenters. The molecule has 0 saturated heterocycles. The number of hydrogen-bond acceptors (Lipinski definition) is 10. The van der Waals surface area contributed by atoms with Crippen LogP contribution in [0.3, 0.4) is 0 Å². The third-order valence-electron chi connectivity index (χ3n) is 14.7. The van der Waals surface area contributed by atoms with Gasteiger partial charge in [-0.05, 0) is 117 Å². The highest BCUT2D eigenvalue weighted by Gasteiger charge is 2.23. The van der Waals surface area contributed by atoms with Crippen molar-refractivity contribution >= 4 is 29.8 Å². The van der Waals surface area contributed by atoms with Gasteiger partial charge in [-0.25, -0.2) is 0 Å². The lowest BCUT2D eigenvalue weighted by molar-refractivity contribution is -0.151. The summed E-state index contributed by atoms with van der Waals surface area (Å²) in [6.45, 7) is 13.2. The Morgan fingerprint density at radius 1 is 0.333 bits per heavy atom. The molecular formula is C64H122N2O9. The first-order valence-electron chi connectivity index (χ1n) is 32.1. The molecule has 0 bridgehead atoms. The van der Waals surface area contributed by atoms with Gasteiger partial charge in [0.25, 0.3) is 0 Å². The Morgan fingerprint density at radius 3 is 0.987 bits per heavy atom. The third-order valence-corrected chi connectivity index (χ3v) is 14.7. The van der Waals surface area contributed by atoms with E-state index in [0.29, 0.717) is 45.2 Å². The van der Waals surface area contributed by atoms with Crippen molar-refractivity contribution in [1.82, 2.24) is 9.80 Å². The molecule has 442 valence electrons. The third kappa shape index (κ3) is 49.4. The number of ether oxygens (including phenoxy) is 4. The maximum Gasteiger partial charge on any atom is 0.306 e. The predicted octanol–water partition coefficient (Wildman–Crippen LogP) is 17.2. The van der Waals surface area contributed by atoms with Crippen molar-refractivity contribution in [3.8, 4) is 0 Å². The quantitative estimate of drug-likeness (QED) is 0.0330. The fourth-order valence-electron chi connectivity index (χ4n) is 9.82. The first kappa shape index (κ1) is 72.3. The molecule has 0 aromatic heterocycles. The van der Waals surface area contributed by atoms with Gasteiger partial charge in [-0.15, -0.1) is 0 Å². The number of unbranched alkanes of at least 4 members (excludes halogenated alkanes) is 27. The maximum absolute atomic E-state index is 13.7. The van der Waals surface area contributed by atoms with Crippen molar-refractivity contribution in [3.05, 3.63) is 0 Å². The molecule has 0 N–H and O–H groups in total. The standard InChI is InChI=1S/C64H122N2O9/c1-8-13-18-23-26-34-45-58(43-32-21-16-11-4)74-63(70)50-39-30-28-37-48-61(68)72-55-57(54-66(53-42-41-52-65(6)7)60(67)47-36-25-20-15-10-3)56-73-62(69)49-38-29-31-40-51-64(71)75-59(44-33-22-17-12-5)46-35-27-24-19-14-9-2/h57-59H,8-56H2,1-7H3. The van der Waals surface area contributed by atoms with Crippen molar-refractivity contribution in [3.63, 3.8) is 0 Å². The zero-order valence-electron chi connectivity index (χ0n) is 50.4. The smallest absolute Gasteiger partial charge is 0.306 e. The lowest BCUT2D eigenvalue weighted by Gasteiger charge is -2.28. The van der Waals surface area contributed by atoms with Gasteiger partial charge in [0.2, 0.25) is 5.91 Å². The summed E-state index contributed by atoms with van der Waals surface area (Å²) in [6, 6.07) is 0. The Kier molecular flexibility index (Phi) is 52.7. The molecule has 0 rings (SSSR count). The summed E-state index contributed by atoms with van der Waals surface area (Å²) in [4.78, 5) is 69.7. The molecule has 0 heterocycles. The number of amides is 1. The van der Waals surface area contributed by atoms with Crippen LogP contribution >= 0.6 is 0 Å². The van der Waals surface area contributed by atoms with Crippen LogP contribution in [0.4, 0.5) is 0 Å². The van der Waals surface area contributed by atoms with Gasteiger partial charge >= 0.3 is 23.9 Å². The van der Waals surface area contributed by atoms with E-state index in [1.807, 2.05) is 4.90 Å². The zero-order chi connectivity index (χ0) is 55.3. The molecule has 0 spiro atoms. The normalized spacial score (nSPS) is 12.6. The van der Waals surface area contributed by atoms with Crippen LogP contribution in [0.5, 0.6) is 0 Å².